The molecular formula is C12H12Cl2N2. The van der Waals surface area contributed by atoms with E-state index in [1.54, 1.807) is 6.07 Å². The highest BCUT2D eigenvalue weighted by molar-refractivity contribution is 6.38. The summed E-state index contributed by atoms with van der Waals surface area (Å²) in [5.41, 5.74) is 2.96. The number of hydrogen-bond acceptors (Lipinski definition) is 2. The van der Waals surface area contributed by atoms with Gasteiger partial charge in [-0.25, -0.2) is 4.98 Å². The molecule has 2 nitrogen and oxygen atoms in total. The van der Waals surface area contributed by atoms with Crippen molar-refractivity contribution in [2.24, 2.45) is 0 Å². The van der Waals surface area contributed by atoms with Crippen LogP contribution in [0.5, 0.6) is 0 Å². The molecule has 0 atom stereocenters. The Bertz CT molecular complexity index is 538. The van der Waals surface area contributed by atoms with E-state index in [1.165, 1.54) is 0 Å². The summed E-state index contributed by atoms with van der Waals surface area (Å²) in [6.45, 7) is 2.77. The van der Waals surface area contributed by atoms with E-state index in [2.05, 4.69) is 16.4 Å². The number of nitrogens with one attached hydrogen (secondary N) is 1. The van der Waals surface area contributed by atoms with Gasteiger partial charge in [0.05, 0.1) is 16.2 Å². The lowest BCUT2D eigenvalue weighted by atomic mass is 10.1. The van der Waals surface area contributed by atoms with Gasteiger partial charge in [-0.1, -0.05) is 23.2 Å². The van der Waals surface area contributed by atoms with Crippen LogP contribution >= 0.6 is 23.2 Å². The van der Waals surface area contributed by atoms with E-state index in [9.17, 15) is 0 Å². The number of hydrogen-bond donors (Lipinski definition) is 1. The fraction of sp³-hybridized carbons (Fsp3) is 0.250. The maximum Gasteiger partial charge on any atom is 0.0893 e. The van der Waals surface area contributed by atoms with Crippen LogP contribution in [0.1, 0.15) is 11.3 Å². The van der Waals surface area contributed by atoms with Crippen LogP contribution in [-0.4, -0.2) is 12.0 Å². The van der Waals surface area contributed by atoms with Gasteiger partial charge < -0.3 is 5.32 Å². The molecule has 84 valence electrons. The highest BCUT2D eigenvalue weighted by atomic mass is 35.5. The normalized spacial score (nSPS) is 11.0. The van der Waals surface area contributed by atoms with E-state index >= 15 is 0 Å². The molecule has 1 N–H and O–H groups in total. The molecule has 0 radical (unpaired) electrons. The molecule has 16 heavy (non-hydrogen) atoms. The van der Waals surface area contributed by atoms with Crippen LogP contribution in [0.2, 0.25) is 10.0 Å². The van der Waals surface area contributed by atoms with Crippen molar-refractivity contribution in [2.75, 3.05) is 7.05 Å². The van der Waals surface area contributed by atoms with Crippen molar-refractivity contribution in [3.05, 3.63) is 39.5 Å². The molecule has 0 bridgehead atoms. The van der Waals surface area contributed by atoms with Gasteiger partial charge in [0.1, 0.15) is 0 Å². The zero-order valence-electron chi connectivity index (χ0n) is 9.14. The van der Waals surface area contributed by atoms with Gasteiger partial charge in [-0.3, -0.25) is 0 Å². The standard InChI is InChI=1S/C12H12Cl2N2/c1-7-3-8-4-9(13)5-10(14)12(8)16-11(7)6-15-2/h3-5,15H,6H2,1-2H3. The number of halogens is 2. The predicted molar refractivity (Wildman–Crippen MR) is 69.3 cm³/mol. The Hall–Kier alpha value is -0.830. The molecule has 0 aliphatic rings. The largest absolute Gasteiger partial charge is 0.314 e. The van der Waals surface area contributed by atoms with Gasteiger partial charge in [0.25, 0.3) is 0 Å². The van der Waals surface area contributed by atoms with Gasteiger partial charge in [-0.05, 0) is 37.7 Å². The summed E-state index contributed by atoms with van der Waals surface area (Å²) in [4.78, 5) is 4.55. The van der Waals surface area contributed by atoms with Gasteiger partial charge in [0.2, 0.25) is 0 Å². The van der Waals surface area contributed by atoms with Crippen LogP contribution in [-0.2, 0) is 6.54 Å². The van der Waals surface area contributed by atoms with E-state index < -0.39 is 0 Å². The van der Waals surface area contributed by atoms with Crippen molar-refractivity contribution >= 4 is 34.1 Å². The first-order valence-electron chi connectivity index (χ1n) is 5.01. The van der Waals surface area contributed by atoms with E-state index in [4.69, 9.17) is 23.2 Å². The average Bonchev–Trinajstić information content (AvgIpc) is 2.20. The summed E-state index contributed by atoms with van der Waals surface area (Å²) >= 11 is 12.1. The van der Waals surface area contributed by atoms with Crippen molar-refractivity contribution in [1.82, 2.24) is 10.3 Å². The number of nitrogens with zero attached hydrogens (tertiary/aromatic N) is 1. The van der Waals surface area contributed by atoms with Crippen LogP contribution in [0.25, 0.3) is 10.9 Å². The minimum Gasteiger partial charge on any atom is -0.314 e. The number of benzene rings is 1. The Morgan fingerprint density at radius 2 is 2.00 bits per heavy atom. The van der Waals surface area contributed by atoms with Crippen LogP contribution in [0.15, 0.2) is 18.2 Å². The van der Waals surface area contributed by atoms with Crippen molar-refractivity contribution < 1.29 is 0 Å². The van der Waals surface area contributed by atoms with Crippen LogP contribution < -0.4 is 5.32 Å². The molecule has 0 fully saturated rings. The number of aromatic nitrogens is 1. The number of pyridine rings is 1. The molecule has 0 amide bonds. The third-order valence-corrected chi connectivity index (χ3v) is 2.98. The van der Waals surface area contributed by atoms with E-state index in [0.717, 1.165) is 28.7 Å². The fourth-order valence-corrected chi connectivity index (χ4v) is 2.25. The molecular weight excluding hydrogens is 243 g/mol. The lowest BCUT2D eigenvalue weighted by molar-refractivity contribution is 0.789. The third-order valence-electron chi connectivity index (χ3n) is 2.48. The summed E-state index contributed by atoms with van der Waals surface area (Å²) < 4.78 is 0. The van der Waals surface area contributed by atoms with Gasteiger partial charge in [0, 0.05) is 17.0 Å². The summed E-state index contributed by atoms with van der Waals surface area (Å²) in [5, 5.41) is 5.31. The highest BCUT2D eigenvalue weighted by Crippen LogP contribution is 2.27. The minimum atomic E-state index is 0.597. The monoisotopic (exact) mass is 254 g/mol. The summed E-state index contributed by atoms with van der Waals surface area (Å²) in [5.74, 6) is 0. The highest BCUT2D eigenvalue weighted by Gasteiger charge is 2.07. The van der Waals surface area contributed by atoms with Crippen molar-refractivity contribution in [1.29, 1.82) is 0 Å². The lowest BCUT2D eigenvalue weighted by Gasteiger charge is -2.08. The second-order valence-electron chi connectivity index (χ2n) is 3.74. The quantitative estimate of drug-likeness (QED) is 0.887. The maximum absolute atomic E-state index is 6.12. The zero-order chi connectivity index (χ0) is 11.7. The van der Waals surface area contributed by atoms with Crippen LogP contribution in [0.3, 0.4) is 0 Å². The van der Waals surface area contributed by atoms with Crippen molar-refractivity contribution in [2.45, 2.75) is 13.5 Å². The molecule has 0 aliphatic carbocycles. The molecule has 1 heterocycles. The number of fused-ring (bicyclic) bond motifs is 1. The fourth-order valence-electron chi connectivity index (χ4n) is 1.70. The first kappa shape index (κ1) is 11.6. The van der Waals surface area contributed by atoms with Crippen LogP contribution in [0, 0.1) is 6.92 Å². The van der Waals surface area contributed by atoms with Crippen LogP contribution in [0.4, 0.5) is 0 Å². The Kier molecular flexibility index (Phi) is 3.33. The Balaban J connectivity index is 2.69. The van der Waals surface area contributed by atoms with E-state index in [1.807, 2.05) is 20.0 Å². The van der Waals surface area contributed by atoms with Crippen molar-refractivity contribution in [3.8, 4) is 0 Å². The molecule has 2 aromatic rings. The Labute approximate surface area is 105 Å². The van der Waals surface area contributed by atoms with E-state index in [-0.39, 0.29) is 0 Å². The smallest absolute Gasteiger partial charge is 0.0893 e. The SMILES string of the molecule is CNCc1nc2c(Cl)cc(Cl)cc2cc1C. The topological polar surface area (TPSA) is 24.9 Å². The molecule has 0 unspecified atom stereocenters. The number of rotatable bonds is 2. The third kappa shape index (κ3) is 2.14. The molecule has 1 aromatic heterocycles. The average molecular weight is 255 g/mol. The molecule has 1 aromatic carbocycles. The van der Waals surface area contributed by atoms with Crippen molar-refractivity contribution in [3.63, 3.8) is 0 Å². The molecule has 2 rings (SSSR count). The van der Waals surface area contributed by atoms with E-state index in [0.29, 0.717) is 10.0 Å². The molecule has 0 spiro atoms. The second kappa shape index (κ2) is 4.58. The van der Waals surface area contributed by atoms with Gasteiger partial charge in [-0.15, -0.1) is 0 Å². The van der Waals surface area contributed by atoms with Gasteiger partial charge in [-0.2, -0.15) is 0 Å². The zero-order valence-corrected chi connectivity index (χ0v) is 10.7. The summed E-state index contributed by atoms with van der Waals surface area (Å²) in [7, 11) is 1.90. The predicted octanol–water partition coefficient (Wildman–Crippen LogP) is 3.57. The maximum atomic E-state index is 6.12. The summed E-state index contributed by atoms with van der Waals surface area (Å²) in [6.07, 6.45) is 0. The number of aryl methyl sites for hydroxylation is 1. The molecule has 0 saturated carbocycles. The molecule has 0 saturated heterocycles. The first-order chi connectivity index (χ1) is 7.61. The second-order valence-corrected chi connectivity index (χ2v) is 4.59. The lowest BCUT2D eigenvalue weighted by Crippen LogP contribution is -2.08. The molecule has 0 aliphatic heterocycles. The Morgan fingerprint density at radius 3 is 2.69 bits per heavy atom. The van der Waals surface area contributed by atoms with Gasteiger partial charge in [0.15, 0.2) is 0 Å². The Morgan fingerprint density at radius 1 is 1.25 bits per heavy atom. The molecule has 4 heteroatoms. The van der Waals surface area contributed by atoms with Gasteiger partial charge >= 0.3 is 0 Å². The summed E-state index contributed by atoms with van der Waals surface area (Å²) in [6, 6.07) is 5.66. The minimum absolute atomic E-state index is 0.597. The first-order valence-corrected chi connectivity index (χ1v) is 5.77.